The molecule has 0 aromatic heterocycles. The van der Waals surface area contributed by atoms with E-state index in [0.717, 1.165) is 32.3 Å². The van der Waals surface area contributed by atoms with Crippen LogP contribution in [0.1, 0.15) is 220 Å². The van der Waals surface area contributed by atoms with Gasteiger partial charge in [0, 0.05) is 0 Å². The Morgan fingerprint density at radius 1 is 0.368 bits per heavy atom. The predicted octanol–water partition coefficient (Wildman–Crippen LogP) is 9.91. The van der Waals surface area contributed by atoms with Gasteiger partial charge in [-0.2, -0.15) is 0 Å². The molecule has 0 aromatic rings. The van der Waals surface area contributed by atoms with Crippen molar-refractivity contribution in [3.05, 3.63) is 0 Å². The molecule has 38 heavy (non-hydrogen) atoms. The van der Waals surface area contributed by atoms with Gasteiger partial charge in [0.15, 0.2) is 0 Å². The first-order valence-corrected chi connectivity index (χ1v) is 20.0. The maximum atomic E-state index is 2.35. The molecule has 0 saturated heterocycles. The van der Waals surface area contributed by atoms with E-state index in [2.05, 4.69) is 27.7 Å². The molecule has 0 aromatic carbocycles. The Hall–Kier alpha value is 1.11. The first kappa shape index (κ1) is 41.2. The Bertz CT molecular complexity index is 408. The van der Waals surface area contributed by atoms with Crippen molar-refractivity contribution in [2.24, 2.45) is 5.92 Å². The molecule has 2 heteroatoms. The summed E-state index contributed by atoms with van der Waals surface area (Å²) >= 11 is 1.14. The second kappa shape index (κ2) is 32.6. The standard InChI is InChI=1S/C36H73.ClH.Sb.3H/c1-5-9-13-17-21-22-26-30-34-36(33-29-25-20-16-12-8-4)35(31-27-23-18-14-10-6-2)32-28-24-19-15-11-7-3;;;;;/h36H,5-34H2,1-4H3;1H;;;;/q;;+1;;;/p-1. The average Bonchev–Trinajstić information content (AvgIpc) is 2.90. The van der Waals surface area contributed by atoms with Crippen LogP contribution in [0.5, 0.6) is 0 Å². The SMILES string of the molecule is CCCCCCCCCCC(CCCCCCCC)[C]([SbH3+])(CCCCCCCC)CCCCCCCC.[Cl-]. The summed E-state index contributed by atoms with van der Waals surface area (Å²) in [6.07, 6.45) is 44.6. The summed E-state index contributed by atoms with van der Waals surface area (Å²) in [4.78, 5) is 0. The Labute approximate surface area is 263 Å². The maximum Gasteiger partial charge on any atom is -1.00 e. The van der Waals surface area contributed by atoms with Gasteiger partial charge in [0.1, 0.15) is 0 Å². The van der Waals surface area contributed by atoms with E-state index >= 15 is 0 Å². The third-order valence-electron chi connectivity index (χ3n) is 9.23. The molecule has 0 bridgehead atoms. The van der Waals surface area contributed by atoms with Gasteiger partial charge in [-0.15, -0.1) is 0 Å². The Morgan fingerprint density at radius 3 is 0.895 bits per heavy atom. The minimum absolute atomic E-state index is 0. The fourth-order valence-corrected chi connectivity index (χ4v) is 9.09. The molecule has 0 saturated carbocycles. The zero-order valence-corrected chi connectivity index (χ0v) is 32.2. The van der Waals surface area contributed by atoms with Crippen LogP contribution < -0.4 is 12.4 Å². The van der Waals surface area contributed by atoms with Gasteiger partial charge in [-0.05, 0) is 0 Å². The van der Waals surface area contributed by atoms with Crippen molar-refractivity contribution in [2.45, 2.75) is 224 Å². The van der Waals surface area contributed by atoms with E-state index < -0.39 is 0 Å². The van der Waals surface area contributed by atoms with Crippen LogP contribution in [0.4, 0.5) is 0 Å². The Balaban J connectivity index is 0. The van der Waals surface area contributed by atoms with Crippen LogP contribution in [0.3, 0.4) is 0 Å². The second-order valence-corrected chi connectivity index (χ2v) is 16.9. The van der Waals surface area contributed by atoms with Crippen LogP contribution in [0, 0.1) is 5.92 Å². The average molecular weight is 666 g/mol. The molecule has 1 atom stereocenters. The van der Waals surface area contributed by atoms with E-state index in [1.54, 1.807) is 25.7 Å². The molecule has 0 aliphatic heterocycles. The summed E-state index contributed by atoms with van der Waals surface area (Å²) in [6.45, 7) is 9.38. The molecule has 232 valence electrons. The van der Waals surface area contributed by atoms with Crippen LogP contribution in [-0.4, -0.2) is 23.0 Å². The Kier molecular flexibility index (Phi) is 35.4. The van der Waals surface area contributed by atoms with Crippen LogP contribution >= 0.6 is 0 Å². The zero-order valence-electron chi connectivity index (χ0n) is 27.4. The van der Waals surface area contributed by atoms with Gasteiger partial charge in [0.2, 0.25) is 0 Å². The van der Waals surface area contributed by atoms with Gasteiger partial charge < -0.3 is 12.4 Å². The van der Waals surface area contributed by atoms with Crippen LogP contribution in [-0.2, 0) is 0 Å². The van der Waals surface area contributed by atoms with Crippen molar-refractivity contribution >= 4 is 23.0 Å². The van der Waals surface area contributed by atoms with Crippen LogP contribution in [0.2, 0.25) is 3.36 Å². The summed E-state index contributed by atoms with van der Waals surface area (Å²) in [5.41, 5.74) is 0. The van der Waals surface area contributed by atoms with Crippen molar-refractivity contribution < 1.29 is 12.4 Å². The molecule has 1 unspecified atom stereocenters. The van der Waals surface area contributed by atoms with Gasteiger partial charge in [0.05, 0.1) is 0 Å². The summed E-state index contributed by atoms with van der Waals surface area (Å²) in [7, 11) is 0. The monoisotopic (exact) mass is 664 g/mol. The molecule has 0 fully saturated rings. The fraction of sp³-hybridized carbons (Fsp3) is 1.00. The number of hydrogen-bond donors (Lipinski definition) is 0. The van der Waals surface area contributed by atoms with Crippen molar-refractivity contribution in [3.8, 4) is 0 Å². The predicted molar refractivity (Wildman–Crippen MR) is 177 cm³/mol. The van der Waals surface area contributed by atoms with Gasteiger partial charge in [0.25, 0.3) is 0 Å². The third kappa shape index (κ3) is 26.0. The molecule has 0 radical (unpaired) electrons. The van der Waals surface area contributed by atoms with Crippen molar-refractivity contribution in [2.75, 3.05) is 0 Å². The molecule has 0 aliphatic rings. The molecule has 0 rings (SSSR count). The number of rotatable bonds is 31. The third-order valence-corrected chi connectivity index (χ3v) is 12.9. The molecule has 0 aliphatic carbocycles. The number of hydrogen-bond acceptors (Lipinski definition) is 0. The van der Waals surface area contributed by atoms with Gasteiger partial charge >= 0.3 is 253 Å². The van der Waals surface area contributed by atoms with E-state index in [0.29, 0.717) is 0 Å². The topological polar surface area (TPSA) is 0 Å². The quantitative estimate of drug-likeness (QED) is 0.0511. The minimum Gasteiger partial charge on any atom is -1.00 e. The fourth-order valence-electron chi connectivity index (χ4n) is 6.50. The van der Waals surface area contributed by atoms with E-state index in [4.69, 9.17) is 0 Å². The van der Waals surface area contributed by atoms with Crippen molar-refractivity contribution in [3.63, 3.8) is 0 Å². The first-order chi connectivity index (χ1) is 18.1. The Morgan fingerprint density at radius 2 is 0.605 bits per heavy atom. The van der Waals surface area contributed by atoms with Gasteiger partial charge in [-0.1, -0.05) is 0 Å². The summed E-state index contributed by atoms with van der Waals surface area (Å²) in [5, 5.41) is 0. The van der Waals surface area contributed by atoms with E-state index in [1.165, 1.54) is 167 Å². The summed E-state index contributed by atoms with van der Waals surface area (Å²) in [6, 6.07) is 0. The van der Waals surface area contributed by atoms with E-state index in [-0.39, 0.29) is 12.4 Å². The zero-order chi connectivity index (χ0) is 27.3. The maximum absolute atomic E-state index is 2.35. The molecule has 0 spiro atoms. The van der Waals surface area contributed by atoms with Crippen LogP contribution in [0.15, 0.2) is 0 Å². The van der Waals surface area contributed by atoms with Crippen molar-refractivity contribution in [1.29, 1.82) is 0 Å². The van der Waals surface area contributed by atoms with Gasteiger partial charge in [-0.25, -0.2) is 0 Å². The van der Waals surface area contributed by atoms with Crippen LogP contribution in [0.25, 0.3) is 0 Å². The first-order valence-electron chi connectivity index (χ1n) is 18.0. The minimum atomic E-state index is 0. The van der Waals surface area contributed by atoms with Gasteiger partial charge in [-0.3, -0.25) is 0 Å². The molecule has 0 N–H and O–H groups in total. The molecule has 0 heterocycles. The molecular weight excluding hydrogens is 590 g/mol. The van der Waals surface area contributed by atoms with E-state index in [9.17, 15) is 0 Å². The molecule has 0 nitrogen and oxygen atoms in total. The molecular formula is C36H76ClSb. The normalized spacial score (nSPS) is 12.6. The summed E-state index contributed by atoms with van der Waals surface area (Å²) < 4.78 is 0.767. The smallest absolute Gasteiger partial charge is 1.00 e. The summed E-state index contributed by atoms with van der Waals surface area (Å²) in [5.74, 6) is 1.05. The number of halogens is 1. The van der Waals surface area contributed by atoms with Crippen molar-refractivity contribution in [1.82, 2.24) is 0 Å². The second-order valence-electron chi connectivity index (χ2n) is 12.9. The number of unbranched alkanes of at least 4 members (excludes halogenated alkanes) is 22. The van der Waals surface area contributed by atoms with E-state index in [1.807, 2.05) is 0 Å². The molecule has 0 amide bonds. The largest absolute Gasteiger partial charge is 1.00 e.